The average molecular weight is 332 g/mol. The van der Waals surface area contributed by atoms with Crippen LogP contribution < -0.4 is 5.32 Å². The van der Waals surface area contributed by atoms with Crippen LogP contribution in [0.2, 0.25) is 0 Å². The first-order valence-electron chi connectivity index (χ1n) is 5.21. The summed E-state index contributed by atoms with van der Waals surface area (Å²) in [4.78, 5) is 13.8. The zero-order valence-electron chi connectivity index (χ0n) is 9.66. The Bertz CT molecular complexity index is 353. The largest absolute Gasteiger partial charge is 0.351 e. The van der Waals surface area contributed by atoms with E-state index in [0.717, 1.165) is 16.5 Å². The maximum atomic E-state index is 11.8. The van der Waals surface area contributed by atoms with Crippen LogP contribution >= 0.6 is 22.6 Å². The smallest absolute Gasteiger partial charge is 0.251 e. The molecule has 88 valence electrons. The number of hydrogen-bond acceptors (Lipinski definition) is 2. The number of benzene rings is 1. The maximum absolute atomic E-state index is 11.8. The Kier molecular flexibility index (Phi) is 5.76. The fourth-order valence-electron chi connectivity index (χ4n) is 1.29. The number of carbonyl (C=O) groups excluding carboxylic acids is 1. The van der Waals surface area contributed by atoms with Gasteiger partial charge in [0.05, 0.1) is 0 Å². The van der Waals surface area contributed by atoms with Crippen molar-refractivity contribution in [1.29, 1.82) is 0 Å². The predicted octanol–water partition coefficient (Wildman–Crippen LogP) is 1.91. The molecule has 0 unspecified atom stereocenters. The van der Waals surface area contributed by atoms with Gasteiger partial charge in [-0.15, -0.1) is 0 Å². The van der Waals surface area contributed by atoms with Crippen molar-refractivity contribution in [3.63, 3.8) is 0 Å². The first-order chi connectivity index (χ1) is 7.63. The van der Waals surface area contributed by atoms with Gasteiger partial charge in [0.1, 0.15) is 0 Å². The summed E-state index contributed by atoms with van der Waals surface area (Å²) in [6.07, 6.45) is 0. The molecule has 1 rings (SSSR count). The van der Waals surface area contributed by atoms with Crippen molar-refractivity contribution in [3.8, 4) is 0 Å². The monoisotopic (exact) mass is 332 g/mol. The first kappa shape index (κ1) is 13.4. The Hall–Kier alpha value is -0.620. The lowest BCUT2D eigenvalue weighted by Crippen LogP contribution is -2.31. The van der Waals surface area contributed by atoms with Crippen molar-refractivity contribution < 1.29 is 4.79 Å². The minimum atomic E-state index is 0.00792. The average Bonchev–Trinajstić information content (AvgIpc) is 2.28. The standard InChI is InChI=1S/C12H17IN2O/c1-15(2)7-6-14-12(16)11-5-3-4-10(8-11)9-13/h3-5,8H,6-7,9H2,1-2H3,(H,14,16). The van der Waals surface area contributed by atoms with Gasteiger partial charge in [0.15, 0.2) is 0 Å². The van der Waals surface area contributed by atoms with Gasteiger partial charge in [-0.05, 0) is 31.8 Å². The summed E-state index contributed by atoms with van der Waals surface area (Å²) in [5, 5.41) is 2.90. The molecule has 0 aliphatic heterocycles. The Morgan fingerprint density at radius 3 is 2.81 bits per heavy atom. The van der Waals surface area contributed by atoms with Crippen LogP contribution in [0.25, 0.3) is 0 Å². The number of nitrogens with zero attached hydrogens (tertiary/aromatic N) is 1. The van der Waals surface area contributed by atoms with Gasteiger partial charge in [-0.1, -0.05) is 34.7 Å². The molecule has 0 heterocycles. The van der Waals surface area contributed by atoms with Gasteiger partial charge in [0.2, 0.25) is 0 Å². The third kappa shape index (κ3) is 4.49. The highest BCUT2D eigenvalue weighted by Gasteiger charge is 2.04. The maximum Gasteiger partial charge on any atom is 0.251 e. The molecule has 1 aromatic rings. The van der Waals surface area contributed by atoms with Crippen LogP contribution in [0, 0.1) is 0 Å². The molecule has 3 nitrogen and oxygen atoms in total. The zero-order chi connectivity index (χ0) is 12.0. The molecule has 0 fully saturated rings. The number of halogens is 1. The Labute approximate surface area is 110 Å². The van der Waals surface area contributed by atoms with Crippen molar-refractivity contribution in [2.75, 3.05) is 27.2 Å². The minimum Gasteiger partial charge on any atom is -0.351 e. The quantitative estimate of drug-likeness (QED) is 0.660. The summed E-state index contributed by atoms with van der Waals surface area (Å²) in [5.41, 5.74) is 1.92. The number of alkyl halides is 1. The van der Waals surface area contributed by atoms with E-state index in [-0.39, 0.29) is 5.91 Å². The SMILES string of the molecule is CN(C)CCNC(=O)c1cccc(CI)c1. The Morgan fingerprint density at radius 2 is 2.19 bits per heavy atom. The van der Waals surface area contributed by atoms with E-state index in [1.165, 1.54) is 5.56 Å². The van der Waals surface area contributed by atoms with Crippen molar-refractivity contribution >= 4 is 28.5 Å². The summed E-state index contributed by atoms with van der Waals surface area (Å²) >= 11 is 2.29. The van der Waals surface area contributed by atoms with Gasteiger partial charge in [0, 0.05) is 23.1 Å². The lowest BCUT2D eigenvalue weighted by Gasteiger charge is -2.10. The molecule has 0 spiro atoms. The van der Waals surface area contributed by atoms with Crippen LogP contribution in [0.3, 0.4) is 0 Å². The Balaban J connectivity index is 2.52. The highest BCUT2D eigenvalue weighted by Crippen LogP contribution is 2.08. The van der Waals surface area contributed by atoms with E-state index in [0.29, 0.717) is 6.54 Å². The van der Waals surface area contributed by atoms with Crippen LogP contribution in [0.15, 0.2) is 24.3 Å². The number of amides is 1. The molecule has 4 heteroatoms. The van der Waals surface area contributed by atoms with E-state index in [1.807, 2.05) is 43.3 Å². The Morgan fingerprint density at radius 1 is 1.44 bits per heavy atom. The second kappa shape index (κ2) is 6.85. The zero-order valence-corrected chi connectivity index (χ0v) is 11.8. The van der Waals surface area contributed by atoms with Crippen LogP contribution in [-0.2, 0) is 4.43 Å². The molecule has 0 saturated carbocycles. The fraction of sp³-hybridized carbons (Fsp3) is 0.417. The molecule has 0 bridgehead atoms. The van der Waals surface area contributed by atoms with Crippen molar-refractivity contribution in [3.05, 3.63) is 35.4 Å². The van der Waals surface area contributed by atoms with Crippen molar-refractivity contribution in [2.45, 2.75) is 4.43 Å². The second-order valence-electron chi connectivity index (χ2n) is 3.89. The molecule has 0 saturated heterocycles. The highest BCUT2D eigenvalue weighted by atomic mass is 127. The molecule has 1 N–H and O–H groups in total. The summed E-state index contributed by atoms with van der Waals surface area (Å²) in [5.74, 6) is 0.00792. The van der Waals surface area contributed by atoms with Crippen molar-refractivity contribution in [1.82, 2.24) is 10.2 Å². The van der Waals surface area contributed by atoms with E-state index >= 15 is 0 Å². The normalized spacial score (nSPS) is 10.5. The summed E-state index contributed by atoms with van der Waals surface area (Å²) in [6.45, 7) is 1.54. The molecule has 0 aliphatic carbocycles. The van der Waals surface area contributed by atoms with E-state index in [2.05, 4.69) is 27.9 Å². The van der Waals surface area contributed by atoms with Gasteiger partial charge >= 0.3 is 0 Å². The van der Waals surface area contributed by atoms with Gasteiger partial charge in [-0.25, -0.2) is 0 Å². The van der Waals surface area contributed by atoms with Crippen LogP contribution in [0.1, 0.15) is 15.9 Å². The number of carbonyl (C=O) groups is 1. The van der Waals surface area contributed by atoms with Gasteiger partial charge in [-0.2, -0.15) is 0 Å². The number of rotatable bonds is 5. The summed E-state index contributed by atoms with van der Waals surface area (Å²) in [7, 11) is 3.98. The summed E-state index contributed by atoms with van der Waals surface area (Å²) in [6, 6.07) is 7.75. The topological polar surface area (TPSA) is 32.3 Å². The van der Waals surface area contributed by atoms with Crippen LogP contribution in [0.5, 0.6) is 0 Å². The van der Waals surface area contributed by atoms with E-state index in [4.69, 9.17) is 0 Å². The molecule has 1 aromatic carbocycles. The number of nitrogens with one attached hydrogen (secondary N) is 1. The fourth-order valence-corrected chi connectivity index (χ4v) is 1.77. The molecule has 0 radical (unpaired) electrons. The lowest BCUT2D eigenvalue weighted by molar-refractivity contribution is 0.0951. The van der Waals surface area contributed by atoms with Gasteiger partial charge < -0.3 is 10.2 Å². The third-order valence-corrected chi connectivity index (χ3v) is 3.07. The van der Waals surface area contributed by atoms with Gasteiger partial charge in [0.25, 0.3) is 5.91 Å². The van der Waals surface area contributed by atoms with Crippen molar-refractivity contribution in [2.24, 2.45) is 0 Å². The van der Waals surface area contributed by atoms with E-state index < -0.39 is 0 Å². The summed E-state index contributed by atoms with van der Waals surface area (Å²) < 4.78 is 0.927. The number of likely N-dealkylation sites (N-methyl/N-ethyl adjacent to an activating group) is 1. The molecule has 1 amide bonds. The first-order valence-corrected chi connectivity index (χ1v) is 6.74. The molecule has 0 aliphatic rings. The molecule has 0 atom stereocenters. The molecular formula is C12H17IN2O. The predicted molar refractivity (Wildman–Crippen MR) is 75.1 cm³/mol. The minimum absolute atomic E-state index is 0.00792. The van der Waals surface area contributed by atoms with Crippen LogP contribution in [0.4, 0.5) is 0 Å². The third-order valence-electron chi connectivity index (χ3n) is 2.19. The second-order valence-corrected chi connectivity index (χ2v) is 4.66. The lowest BCUT2D eigenvalue weighted by atomic mass is 10.1. The van der Waals surface area contributed by atoms with Gasteiger partial charge in [-0.3, -0.25) is 4.79 Å². The van der Waals surface area contributed by atoms with E-state index in [1.54, 1.807) is 0 Å². The molecular weight excluding hydrogens is 315 g/mol. The molecule has 0 aromatic heterocycles. The van der Waals surface area contributed by atoms with E-state index in [9.17, 15) is 4.79 Å². The number of hydrogen-bond donors (Lipinski definition) is 1. The highest BCUT2D eigenvalue weighted by molar-refractivity contribution is 14.1. The van der Waals surface area contributed by atoms with Crippen LogP contribution in [-0.4, -0.2) is 38.0 Å². The molecule has 16 heavy (non-hydrogen) atoms.